The van der Waals surface area contributed by atoms with Crippen molar-refractivity contribution in [3.8, 4) is 0 Å². The second kappa shape index (κ2) is 12.2. The van der Waals surface area contributed by atoms with Crippen molar-refractivity contribution >= 4 is 51.5 Å². The fraction of sp³-hybridized carbons (Fsp3) is 0.762. The van der Waals surface area contributed by atoms with E-state index in [1.54, 1.807) is 0 Å². The molecule has 0 saturated carbocycles. The van der Waals surface area contributed by atoms with E-state index in [0.717, 1.165) is 31.4 Å². The number of hydrogen-bond donors (Lipinski definition) is 2. The number of unbranched alkanes of at least 4 members (excludes halogenated alkanes) is 4. The third-order valence-corrected chi connectivity index (χ3v) is 8.90. The molecule has 12 nitrogen and oxygen atoms in total. The van der Waals surface area contributed by atoms with E-state index in [1.165, 1.54) is 0 Å². The number of nitrogens with zero attached hydrogens (tertiary/aromatic N) is 1. The van der Waals surface area contributed by atoms with Crippen LogP contribution in [0, 0.1) is 0 Å². The number of hydrogen-bond acceptors (Lipinski definition) is 10. The lowest BCUT2D eigenvalue weighted by Gasteiger charge is -2.16. The summed E-state index contributed by atoms with van der Waals surface area (Å²) >= 11 is 1.86. The molecule has 4 amide bonds. The molecule has 0 aliphatic carbocycles. The summed E-state index contributed by atoms with van der Waals surface area (Å²) in [5.74, 6) is -2.13. The summed E-state index contributed by atoms with van der Waals surface area (Å²) < 4.78 is 32.9. The molecule has 3 saturated heterocycles. The van der Waals surface area contributed by atoms with E-state index in [-0.39, 0.29) is 35.4 Å². The van der Waals surface area contributed by atoms with Crippen molar-refractivity contribution in [2.45, 2.75) is 93.2 Å². The quantitative estimate of drug-likeness (QED) is 0.140. The van der Waals surface area contributed by atoms with E-state index < -0.39 is 39.6 Å². The van der Waals surface area contributed by atoms with Gasteiger partial charge in [0, 0.05) is 30.3 Å². The molecule has 2 N–H and O–H groups in total. The first-order valence-corrected chi connectivity index (χ1v) is 14.3. The maximum absolute atomic E-state index is 12.1. The van der Waals surface area contributed by atoms with Gasteiger partial charge in [0.05, 0.1) is 18.5 Å². The Kier molecular flexibility index (Phi) is 9.53. The van der Waals surface area contributed by atoms with Gasteiger partial charge < -0.3 is 20.0 Å². The van der Waals surface area contributed by atoms with Crippen molar-refractivity contribution in [1.82, 2.24) is 15.7 Å². The number of ketones is 1. The van der Waals surface area contributed by atoms with Crippen LogP contribution in [-0.2, 0) is 34.1 Å². The first-order valence-electron chi connectivity index (χ1n) is 11.8. The zero-order valence-electron chi connectivity index (χ0n) is 19.2. The normalized spacial score (nSPS) is 26.0. The van der Waals surface area contributed by atoms with E-state index in [2.05, 4.69) is 15.5 Å². The van der Waals surface area contributed by atoms with Gasteiger partial charge in [0.1, 0.15) is 21.2 Å². The van der Waals surface area contributed by atoms with Crippen LogP contribution < -0.4 is 10.6 Å². The Balaban J connectivity index is 1.19. The molecular formula is C21H30N3O9S2-. The minimum Gasteiger partial charge on any atom is -0.747 e. The largest absolute Gasteiger partial charge is 0.747 e. The average Bonchev–Trinajstić information content (AvgIpc) is 3.41. The van der Waals surface area contributed by atoms with Gasteiger partial charge in [-0.25, -0.2) is 18.0 Å². The third-order valence-electron chi connectivity index (χ3n) is 6.32. The van der Waals surface area contributed by atoms with Crippen molar-refractivity contribution in [1.29, 1.82) is 0 Å². The number of nitrogens with one attached hydrogen (secondary N) is 2. The van der Waals surface area contributed by atoms with Crippen LogP contribution in [-0.4, -0.2) is 76.0 Å². The van der Waals surface area contributed by atoms with Crippen LogP contribution in [0.25, 0.3) is 0 Å². The summed E-state index contributed by atoms with van der Waals surface area (Å²) in [4.78, 5) is 63.4. The van der Waals surface area contributed by atoms with Crippen LogP contribution in [0.2, 0.25) is 0 Å². The summed E-state index contributed by atoms with van der Waals surface area (Å²) in [5.41, 5.74) is 0. The van der Waals surface area contributed by atoms with Gasteiger partial charge in [-0.05, 0) is 25.7 Å². The van der Waals surface area contributed by atoms with Gasteiger partial charge in [0.15, 0.2) is 0 Å². The number of urea groups is 1. The lowest BCUT2D eigenvalue weighted by Crippen LogP contribution is -2.36. The van der Waals surface area contributed by atoms with Gasteiger partial charge in [0.2, 0.25) is 0 Å². The number of fused-ring (bicyclic) bond motifs is 1. The average molecular weight is 533 g/mol. The molecule has 0 spiro atoms. The Bertz CT molecular complexity index is 956. The Morgan fingerprint density at radius 1 is 1.00 bits per heavy atom. The highest BCUT2D eigenvalue weighted by molar-refractivity contribution is 8.00. The summed E-state index contributed by atoms with van der Waals surface area (Å²) in [6.45, 7) is 0. The highest BCUT2D eigenvalue weighted by Gasteiger charge is 2.45. The lowest BCUT2D eigenvalue weighted by atomic mass is 10.0. The number of carbonyl (C=O) groups excluding carboxylic acids is 5. The Hall–Kier alpha value is -2.19. The number of rotatable bonds is 14. The standard InChI is InChI=1S/C21H31N3O9S2/c25-13(8-5-6-9-15-19-14(12-34-15)22-21(29)23-19)7-3-1-2-4-10-18(27)33-24-17(26)11-16(20(24)28)35(30,31)32/h14-16,19H,1-12H2,(H2,22,23,29)(H,30,31,32)/p-1. The molecule has 196 valence electrons. The highest BCUT2D eigenvalue weighted by atomic mass is 32.2. The van der Waals surface area contributed by atoms with Crippen molar-refractivity contribution in [3.63, 3.8) is 0 Å². The van der Waals surface area contributed by atoms with Crippen LogP contribution in [0.4, 0.5) is 4.79 Å². The van der Waals surface area contributed by atoms with E-state index in [1.807, 2.05) is 11.8 Å². The van der Waals surface area contributed by atoms with Crippen molar-refractivity contribution < 1.29 is 41.8 Å². The Morgan fingerprint density at radius 3 is 2.31 bits per heavy atom. The molecule has 0 radical (unpaired) electrons. The predicted octanol–water partition coefficient (Wildman–Crippen LogP) is 0.753. The SMILES string of the molecule is O=C(CCCCCCC(=O)ON1C(=O)CC(S(=O)(=O)[O-])C1=O)CCCCC1SCC2NC(=O)NC21. The first-order chi connectivity index (χ1) is 16.6. The first kappa shape index (κ1) is 27.4. The number of thioether (sulfide) groups is 1. The molecule has 3 fully saturated rings. The minimum absolute atomic E-state index is 0.0610. The Morgan fingerprint density at radius 2 is 1.66 bits per heavy atom. The molecule has 3 aliphatic rings. The molecule has 3 heterocycles. The number of carbonyl (C=O) groups is 5. The predicted molar refractivity (Wildman–Crippen MR) is 123 cm³/mol. The smallest absolute Gasteiger partial charge is 0.333 e. The summed E-state index contributed by atoms with van der Waals surface area (Å²) in [7, 11) is -5.00. The van der Waals surface area contributed by atoms with Crippen molar-refractivity contribution in [3.05, 3.63) is 0 Å². The Labute approximate surface area is 208 Å². The van der Waals surface area contributed by atoms with Crippen molar-refractivity contribution in [2.75, 3.05) is 5.75 Å². The van der Waals surface area contributed by atoms with E-state index in [9.17, 15) is 36.9 Å². The monoisotopic (exact) mass is 532 g/mol. The number of Topliss-reactive ketones (excluding diaryl/α,β-unsaturated/α-hetero) is 1. The molecule has 14 heteroatoms. The maximum Gasteiger partial charge on any atom is 0.333 e. The van der Waals surface area contributed by atoms with E-state index in [0.29, 0.717) is 37.4 Å². The fourth-order valence-electron chi connectivity index (χ4n) is 4.43. The van der Waals surface area contributed by atoms with Gasteiger partial charge >= 0.3 is 12.0 Å². The van der Waals surface area contributed by atoms with Gasteiger partial charge in [-0.3, -0.25) is 14.4 Å². The molecule has 4 unspecified atom stereocenters. The minimum atomic E-state index is -5.00. The van der Waals surface area contributed by atoms with Crippen LogP contribution in [0.3, 0.4) is 0 Å². The zero-order chi connectivity index (χ0) is 25.6. The number of amides is 4. The second-order valence-corrected chi connectivity index (χ2v) is 11.8. The molecule has 3 aliphatic heterocycles. The maximum atomic E-state index is 12.1. The van der Waals surface area contributed by atoms with E-state index in [4.69, 9.17) is 0 Å². The van der Waals surface area contributed by atoms with Crippen LogP contribution in [0.15, 0.2) is 0 Å². The van der Waals surface area contributed by atoms with Crippen LogP contribution in [0.5, 0.6) is 0 Å². The highest BCUT2D eigenvalue weighted by Crippen LogP contribution is 2.33. The summed E-state index contributed by atoms with van der Waals surface area (Å²) in [6, 6.07) is 0.296. The van der Waals surface area contributed by atoms with Gasteiger partial charge in [-0.2, -0.15) is 11.8 Å². The number of imide groups is 1. The summed E-state index contributed by atoms with van der Waals surface area (Å²) in [5, 5.41) is 4.28. The lowest BCUT2D eigenvalue weighted by molar-refractivity contribution is -0.197. The fourth-order valence-corrected chi connectivity index (χ4v) is 6.67. The molecule has 0 bridgehead atoms. The molecule has 4 atom stereocenters. The van der Waals surface area contributed by atoms with Gasteiger partial charge in [-0.1, -0.05) is 19.3 Å². The third kappa shape index (κ3) is 7.64. The number of hydroxylamine groups is 2. The molecular weight excluding hydrogens is 502 g/mol. The van der Waals surface area contributed by atoms with Crippen molar-refractivity contribution in [2.24, 2.45) is 0 Å². The molecule has 3 rings (SSSR count). The topological polar surface area (TPSA) is 179 Å². The van der Waals surface area contributed by atoms with Crippen LogP contribution >= 0.6 is 11.8 Å². The second-order valence-electron chi connectivity index (χ2n) is 9.00. The zero-order valence-corrected chi connectivity index (χ0v) is 20.9. The summed E-state index contributed by atoms with van der Waals surface area (Å²) in [6.07, 6.45) is 5.29. The van der Waals surface area contributed by atoms with Gasteiger partial charge in [-0.15, -0.1) is 5.06 Å². The molecule has 0 aromatic rings. The molecule has 0 aromatic carbocycles. The molecule has 35 heavy (non-hydrogen) atoms. The van der Waals surface area contributed by atoms with Crippen LogP contribution in [0.1, 0.15) is 70.6 Å². The van der Waals surface area contributed by atoms with Gasteiger partial charge in [0.25, 0.3) is 11.8 Å². The molecule has 0 aromatic heterocycles. The van der Waals surface area contributed by atoms with E-state index >= 15 is 0 Å².